The van der Waals surface area contributed by atoms with E-state index in [0.717, 1.165) is 24.4 Å². The Bertz CT molecular complexity index is 171. The fourth-order valence-electron chi connectivity index (χ4n) is 3.06. The molecule has 0 radical (unpaired) electrons. The van der Waals surface area contributed by atoms with Crippen molar-refractivity contribution in [1.29, 1.82) is 0 Å². The van der Waals surface area contributed by atoms with Gasteiger partial charge in [-0.15, -0.1) is 0 Å². The molecule has 2 aliphatic rings. The zero-order valence-electron chi connectivity index (χ0n) is 9.41. The molecule has 0 aromatic carbocycles. The minimum Gasteiger partial charge on any atom is -0.330 e. The molecule has 2 rings (SSSR count). The van der Waals surface area contributed by atoms with Crippen LogP contribution in [0.3, 0.4) is 0 Å². The number of hydrogen-bond acceptors (Lipinski definition) is 2. The Hall–Kier alpha value is -0.0800. The highest BCUT2D eigenvalue weighted by atomic mass is 15.2. The van der Waals surface area contributed by atoms with Gasteiger partial charge >= 0.3 is 0 Å². The van der Waals surface area contributed by atoms with Gasteiger partial charge in [-0.2, -0.15) is 0 Å². The van der Waals surface area contributed by atoms with E-state index in [0.29, 0.717) is 0 Å². The van der Waals surface area contributed by atoms with Gasteiger partial charge in [0.05, 0.1) is 0 Å². The molecule has 14 heavy (non-hydrogen) atoms. The van der Waals surface area contributed by atoms with Crippen LogP contribution in [0.25, 0.3) is 0 Å². The summed E-state index contributed by atoms with van der Waals surface area (Å²) in [5, 5.41) is 0. The Labute approximate surface area is 87.8 Å². The zero-order valence-corrected chi connectivity index (χ0v) is 9.41. The standard InChI is InChI=1S/C12H24N2/c1-10-7-12(8-10)14-6-2-3-11(9-14)4-5-13/h10-12H,2-9,13H2,1H3. The van der Waals surface area contributed by atoms with Crippen molar-refractivity contribution in [2.45, 2.75) is 45.1 Å². The van der Waals surface area contributed by atoms with Gasteiger partial charge in [-0.1, -0.05) is 6.92 Å². The van der Waals surface area contributed by atoms with Crippen LogP contribution in [-0.2, 0) is 0 Å². The van der Waals surface area contributed by atoms with Crippen molar-refractivity contribution in [2.24, 2.45) is 17.6 Å². The van der Waals surface area contributed by atoms with E-state index in [2.05, 4.69) is 11.8 Å². The van der Waals surface area contributed by atoms with Crippen molar-refractivity contribution in [1.82, 2.24) is 4.90 Å². The molecule has 82 valence electrons. The van der Waals surface area contributed by atoms with E-state index in [9.17, 15) is 0 Å². The van der Waals surface area contributed by atoms with Crippen LogP contribution >= 0.6 is 0 Å². The van der Waals surface area contributed by atoms with Crippen molar-refractivity contribution in [2.75, 3.05) is 19.6 Å². The fourth-order valence-corrected chi connectivity index (χ4v) is 3.06. The van der Waals surface area contributed by atoms with Gasteiger partial charge < -0.3 is 10.6 Å². The fraction of sp³-hybridized carbons (Fsp3) is 1.00. The third-order valence-corrected chi connectivity index (χ3v) is 3.99. The minimum absolute atomic E-state index is 0.875. The molecule has 0 spiro atoms. The van der Waals surface area contributed by atoms with Crippen LogP contribution in [0.2, 0.25) is 0 Å². The molecule has 2 heteroatoms. The smallest absolute Gasteiger partial charge is 0.0100 e. The average Bonchev–Trinajstić information content (AvgIpc) is 2.14. The van der Waals surface area contributed by atoms with Crippen molar-refractivity contribution in [3.05, 3.63) is 0 Å². The lowest BCUT2D eigenvalue weighted by Crippen LogP contribution is -2.48. The molecule has 0 bridgehead atoms. The molecule has 1 saturated carbocycles. The topological polar surface area (TPSA) is 29.3 Å². The molecular formula is C12H24N2. The number of rotatable bonds is 3. The van der Waals surface area contributed by atoms with Gasteiger partial charge in [-0.25, -0.2) is 0 Å². The van der Waals surface area contributed by atoms with Crippen LogP contribution in [0.15, 0.2) is 0 Å². The van der Waals surface area contributed by atoms with Gasteiger partial charge in [0.2, 0.25) is 0 Å². The summed E-state index contributed by atoms with van der Waals surface area (Å²) in [5.41, 5.74) is 5.63. The van der Waals surface area contributed by atoms with E-state index < -0.39 is 0 Å². The molecule has 2 N–H and O–H groups in total. The SMILES string of the molecule is CC1CC(N2CCCC(CCN)C2)C1. The van der Waals surface area contributed by atoms with E-state index in [4.69, 9.17) is 5.73 Å². The molecule has 2 fully saturated rings. The van der Waals surface area contributed by atoms with Gasteiger partial charge in [0.15, 0.2) is 0 Å². The minimum atomic E-state index is 0.875. The number of nitrogens with zero attached hydrogens (tertiary/aromatic N) is 1. The average molecular weight is 196 g/mol. The van der Waals surface area contributed by atoms with Crippen LogP contribution in [0.1, 0.15) is 39.0 Å². The molecule has 0 aromatic rings. The Morgan fingerprint density at radius 3 is 2.79 bits per heavy atom. The van der Waals surface area contributed by atoms with Crippen molar-refractivity contribution in [3.63, 3.8) is 0 Å². The first-order chi connectivity index (χ1) is 6.79. The normalized spacial score (nSPS) is 39.4. The number of likely N-dealkylation sites (tertiary alicyclic amines) is 1. The second kappa shape index (κ2) is 4.63. The van der Waals surface area contributed by atoms with Crippen LogP contribution in [0, 0.1) is 11.8 Å². The Kier molecular flexibility index (Phi) is 3.45. The summed E-state index contributed by atoms with van der Waals surface area (Å²) in [7, 11) is 0. The van der Waals surface area contributed by atoms with Crippen LogP contribution < -0.4 is 5.73 Å². The Morgan fingerprint density at radius 1 is 1.36 bits per heavy atom. The highest BCUT2D eigenvalue weighted by Crippen LogP contribution is 2.34. The first-order valence-electron chi connectivity index (χ1n) is 6.23. The van der Waals surface area contributed by atoms with Crippen LogP contribution in [-0.4, -0.2) is 30.6 Å². The van der Waals surface area contributed by atoms with Crippen molar-refractivity contribution >= 4 is 0 Å². The van der Waals surface area contributed by atoms with Gasteiger partial charge in [-0.05, 0) is 57.0 Å². The highest BCUT2D eigenvalue weighted by Gasteiger charge is 2.33. The molecule has 1 aliphatic carbocycles. The highest BCUT2D eigenvalue weighted by molar-refractivity contribution is 4.87. The Balaban J connectivity index is 1.76. The maximum Gasteiger partial charge on any atom is 0.0100 e. The van der Waals surface area contributed by atoms with Crippen LogP contribution in [0.4, 0.5) is 0 Å². The summed E-state index contributed by atoms with van der Waals surface area (Å²) in [6.07, 6.45) is 6.93. The summed E-state index contributed by atoms with van der Waals surface area (Å²) in [5.74, 6) is 1.87. The van der Waals surface area contributed by atoms with Crippen molar-refractivity contribution < 1.29 is 0 Å². The summed E-state index contributed by atoms with van der Waals surface area (Å²) >= 11 is 0. The molecule has 0 aromatic heterocycles. The second-order valence-electron chi connectivity index (χ2n) is 5.31. The number of piperidine rings is 1. The van der Waals surface area contributed by atoms with Crippen LogP contribution in [0.5, 0.6) is 0 Å². The molecule has 1 atom stereocenters. The van der Waals surface area contributed by atoms with E-state index in [1.54, 1.807) is 0 Å². The van der Waals surface area contributed by atoms with Gasteiger partial charge in [0, 0.05) is 12.6 Å². The third kappa shape index (κ3) is 2.29. The lowest BCUT2D eigenvalue weighted by atomic mass is 9.79. The predicted octanol–water partition coefficient (Wildman–Crippen LogP) is 1.85. The maximum atomic E-state index is 5.63. The molecule has 1 heterocycles. The zero-order chi connectivity index (χ0) is 9.97. The quantitative estimate of drug-likeness (QED) is 0.746. The lowest BCUT2D eigenvalue weighted by Gasteiger charge is -2.45. The first-order valence-corrected chi connectivity index (χ1v) is 6.23. The number of nitrogens with two attached hydrogens (primary N) is 1. The largest absolute Gasteiger partial charge is 0.330 e. The molecule has 1 saturated heterocycles. The predicted molar refractivity (Wildman–Crippen MR) is 60.2 cm³/mol. The summed E-state index contributed by atoms with van der Waals surface area (Å²) in [4.78, 5) is 2.73. The molecule has 1 unspecified atom stereocenters. The van der Waals surface area contributed by atoms with E-state index in [-0.39, 0.29) is 0 Å². The summed E-state index contributed by atoms with van der Waals surface area (Å²) in [6, 6.07) is 0.922. The molecule has 0 amide bonds. The van der Waals surface area contributed by atoms with Crippen molar-refractivity contribution in [3.8, 4) is 0 Å². The Morgan fingerprint density at radius 2 is 2.14 bits per heavy atom. The lowest BCUT2D eigenvalue weighted by molar-refractivity contribution is 0.0468. The summed E-state index contributed by atoms with van der Waals surface area (Å²) in [6.45, 7) is 5.92. The first kappa shape index (κ1) is 10.4. The van der Waals surface area contributed by atoms with Gasteiger partial charge in [0.1, 0.15) is 0 Å². The molecule has 2 nitrogen and oxygen atoms in total. The maximum absolute atomic E-state index is 5.63. The molecule has 1 aliphatic heterocycles. The van der Waals surface area contributed by atoms with Gasteiger partial charge in [-0.3, -0.25) is 0 Å². The summed E-state index contributed by atoms with van der Waals surface area (Å²) < 4.78 is 0. The van der Waals surface area contributed by atoms with E-state index >= 15 is 0 Å². The second-order valence-corrected chi connectivity index (χ2v) is 5.31. The molecular weight excluding hydrogens is 172 g/mol. The van der Waals surface area contributed by atoms with Gasteiger partial charge in [0.25, 0.3) is 0 Å². The monoisotopic (exact) mass is 196 g/mol. The van der Waals surface area contributed by atoms with E-state index in [1.165, 1.54) is 45.2 Å². The van der Waals surface area contributed by atoms with E-state index in [1.807, 2.05) is 0 Å². The number of hydrogen-bond donors (Lipinski definition) is 1. The third-order valence-electron chi connectivity index (χ3n) is 3.99.